The second-order valence-electron chi connectivity index (χ2n) is 5.57. The molecule has 0 saturated carbocycles. The summed E-state index contributed by atoms with van der Waals surface area (Å²) in [6.45, 7) is 4.70. The molecule has 1 aromatic carbocycles. The first-order chi connectivity index (χ1) is 11.1. The van der Waals surface area contributed by atoms with Crippen LogP contribution in [0.5, 0.6) is 0 Å². The molecule has 4 nitrogen and oxygen atoms in total. The lowest BCUT2D eigenvalue weighted by Crippen LogP contribution is -2.26. The minimum atomic E-state index is -0.197. The van der Waals surface area contributed by atoms with Crippen molar-refractivity contribution in [2.24, 2.45) is 0 Å². The number of fused-ring (bicyclic) bond motifs is 1. The number of benzene rings is 1. The number of amides is 1. The third-order valence-corrected chi connectivity index (χ3v) is 4.33. The minimum Gasteiger partial charge on any atom is -0.358 e. The summed E-state index contributed by atoms with van der Waals surface area (Å²) in [5, 5.41) is 4.35. The third-order valence-electron chi connectivity index (χ3n) is 4.03. The number of carbonyl (C=O) groups is 1. The van der Waals surface area contributed by atoms with Crippen LogP contribution in [0, 0.1) is 13.8 Å². The molecule has 0 atom stereocenters. The normalized spacial score (nSPS) is 10.9. The maximum Gasteiger partial charge on any atom is 0.254 e. The predicted molar refractivity (Wildman–Crippen MR) is 93.1 cm³/mol. The van der Waals surface area contributed by atoms with E-state index in [1.165, 1.54) is 22.0 Å². The van der Waals surface area contributed by atoms with Crippen LogP contribution in [0.2, 0.25) is 5.15 Å². The van der Waals surface area contributed by atoms with Gasteiger partial charge >= 0.3 is 0 Å². The number of rotatable bonds is 4. The zero-order valence-corrected chi connectivity index (χ0v) is 13.9. The van der Waals surface area contributed by atoms with E-state index in [9.17, 15) is 4.79 Å². The molecule has 2 heterocycles. The number of carbonyl (C=O) groups excluding carboxylic acids is 1. The number of pyridine rings is 1. The SMILES string of the molecule is Cc1[nH]c2c(C)cccc2c1CCNC(=O)c1cccnc1Cl. The zero-order valence-electron chi connectivity index (χ0n) is 13.1. The average molecular weight is 328 g/mol. The van der Waals surface area contributed by atoms with Crippen LogP contribution < -0.4 is 5.32 Å². The molecule has 0 spiro atoms. The lowest BCUT2D eigenvalue weighted by molar-refractivity contribution is 0.0954. The van der Waals surface area contributed by atoms with Crippen LogP contribution in [0.3, 0.4) is 0 Å². The van der Waals surface area contributed by atoms with Crippen molar-refractivity contribution in [3.8, 4) is 0 Å². The van der Waals surface area contributed by atoms with E-state index in [2.05, 4.69) is 47.3 Å². The van der Waals surface area contributed by atoms with Crippen molar-refractivity contribution in [2.45, 2.75) is 20.3 Å². The van der Waals surface area contributed by atoms with Crippen molar-refractivity contribution in [3.63, 3.8) is 0 Å². The van der Waals surface area contributed by atoms with Crippen LogP contribution in [0.25, 0.3) is 10.9 Å². The number of nitrogens with one attached hydrogen (secondary N) is 2. The number of H-pyrrole nitrogens is 1. The first-order valence-electron chi connectivity index (χ1n) is 7.53. The molecule has 118 valence electrons. The van der Waals surface area contributed by atoms with Gasteiger partial charge in [0.1, 0.15) is 5.15 Å². The van der Waals surface area contributed by atoms with E-state index in [4.69, 9.17) is 11.6 Å². The van der Waals surface area contributed by atoms with Gasteiger partial charge in [0.2, 0.25) is 0 Å². The quantitative estimate of drug-likeness (QED) is 0.716. The van der Waals surface area contributed by atoms with E-state index in [-0.39, 0.29) is 11.1 Å². The lowest BCUT2D eigenvalue weighted by atomic mass is 10.1. The van der Waals surface area contributed by atoms with Crippen LogP contribution in [-0.4, -0.2) is 22.4 Å². The van der Waals surface area contributed by atoms with Crippen molar-refractivity contribution in [1.82, 2.24) is 15.3 Å². The number of aromatic amines is 1. The molecular weight excluding hydrogens is 310 g/mol. The van der Waals surface area contributed by atoms with E-state index >= 15 is 0 Å². The molecule has 0 unspecified atom stereocenters. The van der Waals surface area contributed by atoms with Gasteiger partial charge in [-0.2, -0.15) is 0 Å². The molecule has 1 amide bonds. The topological polar surface area (TPSA) is 57.8 Å². The summed E-state index contributed by atoms with van der Waals surface area (Å²) in [7, 11) is 0. The molecule has 0 bridgehead atoms. The number of halogens is 1. The van der Waals surface area contributed by atoms with Gasteiger partial charge < -0.3 is 10.3 Å². The summed E-state index contributed by atoms with van der Waals surface area (Å²) in [6, 6.07) is 9.63. The van der Waals surface area contributed by atoms with Gasteiger partial charge in [0.25, 0.3) is 5.91 Å². The van der Waals surface area contributed by atoms with Crippen LogP contribution in [-0.2, 0) is 6.42 Å². The molecule has 0 saturated heterocycles. The number of hydrogen-bond donors (Lipinski definition) is 2. The van der Waals surface area contributed by atoms with Crippen LogP contribution in [0.15, 0.2) is 36.5 Å². The lowest BCUT2D eigenvalue weighted by Gasteiger charge is -2.06. The number of nitrogens with zero attached hydrogens (tertiary/aromatic N) is 1. The summed E-state index contributed by atoms with van der Waals surface area (Å²) >= 11 is 5.94. The van der Waals surface area contributed by atoms with Crippen molar-refractivity contribution >= 4 is 28.4 Å². The van der Waals surface area contributed by atoms with Crippen LogP contribution in [0.4, 0.5) is 0 Å². The second-order valence-corrected chi connectivity index (χ2v) is 5.93. The molecule has 0 aliphatic rings. The average Bonchev–Trinajstić information content (AvgIpc) is 2.85. The van der Waals surface area contributed by atoms with Crippen molar-refractivity contribution in [3.05, 3.63) is 64.1 Å². The summed E-state index contributed by atoms with van der Waals surface area (Å²) < 4.78 is 0. The fraction of sp³-hybridized carbons (Fsp3) is 0.222. The fourth-order valence-corrected chi connectivity index (χ4v) is 3.03. The molecule has 23 heavy (non-hydrogen) atoms. The maximum absolute atomic E-state index is 12.2. The monoisotopic (exact) mass is 327 g/mol. The van der Waals surface area contributed by atoms with Gasteiger partial charge in [-0.1, -0.05) is 29.8 Å². The van der Waals surface area contributed by atoms with Crippen LogP contribution in [0.1, 0.15) is 27.2 Å². The number of para-hydroxylation sites is 1. The number of aromatic nitrogens is 2. The fourth-order valence-electron chi connectivity index (χ4n) is 2.82. The summed E-state index contributed by atoms with van der Waals surface area (Å²) in [6.07, 6.45) is 2.33. The Hall–Kier alpha value is -2.33. The molecule has 2 aromatic heterocycles. The third kappa shape index (κ3) is 3.08. The number of aryl methyl sites for hydroxylation is 2. The van der Waals surface area contributed by atoms with E-state index in [1.807, 2.05) is 0 Å². The zero-order chi connectivity index (χ0) is 16.4. The highest BCUT2D eigenvalue weighted by molar-refractivity contribution is 6.32. The summed E-state index contributed by atoms with van der Waals surface area (Å²) in [4.78, 5) is 19.5. The highest BCUT2D eigenvalue weighted by atomic mass is 35.5. The molecule has 0 radical (unpaired) electrons. The Morgan fingerprint density at radius 2 is 2.09 bits per heavy atom. The van der Waals surface area contributed by atoms with Gasteiger partial charge in [0.15, 0.2) is 0 Å². The molecule has 5 heteroatoms. The molecule has 0 aliphatic heterocycles. The Balaban J connectivity index is 1.72. The van der Waals surface area contributed by atoms with Gasteiger partial charge in [-0.15, -0.1) is 0 Å². The first kappa shape index (κ1) is 15.6. The highest BCUT2D eigenvalue weighted by Crippen LogP contribution is 2.24. The standard InChI is InChI=1S/C18H18ClN3O/c1-11-5-3-6-14-13(12(2)22-16(11)14)8-10-21-18(23)15-7-4-9-20-17(15)19/h3-7,9,22H,8,10H2,1-2H3,(H,21,23). The van der Waals surface area contributed by atoms with Gasteiger partial charge in [0.05, 0.1) is 5.56 Å². The molecule has 3 aromatic rings. The van der Waals surface area contributed by atoms with Crippen molar-refractivity contribution in [2.75, 3.05) is 6.54 Å². The highest BCUT2D eigenvalue weighted by Gasteiger charge is 2.12. The predicted octanol–water partition coefficient (Wildman–Crippen LogP) is 3.81. The number of hydrogen-bond acceptors (Lipinski definition) is 2. The molecular formula is C18H18ClN3O. The van der Waals surface area contributed by atoms with Gasteiger partial charge in [-0.25, -0.2) is 4.98 Å². The molecule has 2 N–H and O–H groups in total. The Bertz CT molecular complexity index is 870. The summed E-state index contributed by atoms with van der Waals surface area (Å²) in [5.74, 6) is -0.197. The Morgan fingerprint density at radius 3 is 2.87 bits per heavy atom. The molecule has 3 rings (SSSR count). The Kier molecular flexibility index (Phi) is 4.35. The minimum absolute atomic E-state index is 0.197. The van der Waals surface area contributed by atoms with E-state index in [1.54, 1.807) is 18.3 Å². The van der Waals surface area contributed by atoms with Gasteiger partial charge in [-0.3, -0.25) is 4.79 Å². The first-order valence-corrected chi connectivity index (χ1v) is 7.91. The van der Waals surface area contributed by atoms with E-state index in [0.29, 0.717) is 12.1 Å². The Labute approximate surface area is 139 Å². The summed E-state index contributed by atoms with van der Waals surface area (Å²) in [5.41, 5.74) is 5.18. The largest absolute Gasteiger partial charge is 0.358 e. The van der Waals surface area contributed by atoms with Gasteiger partial charge in [0, 0.05) is 29.3 Å². The maximum atomic E-state index is 12.2. The van der Waals surface area contributed by atoms with Gasteiger partial charge in [-0.05, 0) is 43.5 Å². The van der Waals surface area contributed by atoms with Crippen LogP contribution >= 0.6 is 11.6 Å². The van der Waals surface area contributed by atoms with E-state index in [0.717, 1.165) is 12.1 Å². The van der Waals surface area contributed by atoms with Crippen molar-refractivity contribution in [1.29, 1.82) is 0 Å². The van der Waals surface area contributed by atoms with Crippen molar-refractivity contribution < 1.29 is 4.79 Å². The Morgan fingerprint density at radius 1 is 1.26 bits per heavy atom. The molecule has 0 aliphatic carbocycles. The molecule has 0 fully saturated rings. The second kappa shape index (κ2) is 6.42. The van der Waals surface area contributed by atoms with E-state index < -0.39 is 0 Å². The smallest absolute Gasteiger partial charge is 0.254 e.